The monoisotopic (exact) mass is 484 g/mol. The van der Waals surface area contributed by atoms with Crippen LogP contribution in [0.5, 0.6) is 11.5 Å². The van der Waals surface area contributed by atoms with Gasteiger partial charge in [-0.2, -0.15) is 5.10 Å². The van der Waals surface area contributed by atoms with Gasteiger partial charge in [0, 0.05) is 19.2 Å². The molecule has 0 bridgehead atoms. The Kier molecular flexibility index (Phi) is 7.34. The maximum Gasteiger partial charge on any atom is 0.275 e. The van der Waals surface area contributed by atoms with Crippen LogP contribution in [0.4, 0.5) is 0 Å². The van der Waals surface area contributed by atoms with Crippen molar-refractivity contribution >= 4 is 11.8 Å². The van der Waals surface area contributed by atoms with E-state index in [9.17, 15) is 9.59 Å². The maximum absolute atomic E-state index is 13.4. The van der Waals surface area contributed by atoms with Gasteiger partial charge in [-0.25, -0.2) is 0 Å². The van der Waals surface area contributed by atoms with Crippen molar-refractivity contribution in [2.75, 3.05) is 20.8 Å². The highest BCUT2D eigenvalue weighted by atomic mass is 16.5. The van der Waals surface area contributed by atoms with Gasteiger partial charge >= 0.3 is 0 Å². The Bertz CT molecular complexity index is 1360. The van der Waals surface area contributed by atoms with Gasteiger partial charge in [-0.3, -0.25) is 14.3 Å². The summed E-state index contributed by atoms with van der Waals surface area (Å²) in [4.78, 5) is 26.6. The van der Waals surface area contributed by atoms with Crippen molar-refractivity contribution in [1.82, 2.24) is 14.7 Å². The Morgan fingerprint density at radius 2 is 1.50 bits per heavy atom. The van der Waals surface area contributed by atoms with Crippen LogP contribution in [0.2, 0.25) is 0 Å². The lowest BCUT2D eigenvalue weighted by Gasteiger charge is -2.20. The average Bonchev–Trinajstić information content (AvgIpc) is 3.29. The number of carbonyl (C=O) groups is 2. The fraction of sp³-hybridized carbons (Fsp3) is 0.179. The number of carbonyl (C=O) groups excluding carboxylic acids is 2. The van der Waals surface area contributed by atoms with Crippen molar-refractivity contribution in [3.05, 3.63) is 90.1 Å². The number of aryl methyl sites for hydroxylation is 1. The number of amides is 2. The van der Waals surface area contributed by atoms with Gasteiger partial charge < -0.3 is 20.1 Å². The number of methoxy groups -OCH3 is 2. The van der Waals surface area contributed by atoms with Crippen LogP contribution in [0.3, 0.4) is 0 Å². The third-order valence-corrected chi connectivity index (χ3v) is 5.85. The van der Waals surface area contributed by atoms with Crippen molar-refractivity contribution in [1.29, 1.82) is 0 Å². The number of hydrogen-bond acceptors (Lipinski definition) is 5. The van der Waals surface area contributed by atoms with Gasteiger partial charge in [0.15, 0.2) is 17.2 Å². The number of nitrogens with two attached hydrogens (primary N) is 1. The fourth-order valence-corrected chi connectivity index (χ4v) is 4.04. The Morgan fingerprint density at radius 3 is 2.14 bits per heavy atom. The molecule has 4 aromatic rings. The van der Waals surface area contributed by atoms with Gasteiger partial charge in [0.1, 0.15) is 6.54 Å². The van der Waals surface area contributed by atoms with E-state index >= 15 is 0 Å². The van der Waals surface area contributed by atoms with Crippen LogP contribution in [0.25, 0.3) is 22.4 Å². The fourth-order valence-electron chi connectivity index (χ4n) is 4.04. The quantitative estimate of drug-likeness (QED) is 0.388. The van der Waals surface area contributed by atoms with Gasteiger partial charge in [-0.15, -0.1) is 0 Å². The molecule has 3 aromatic carbocycles. The largest absolute Gasteiger partial charge is 0.493 e. The van der Waals surface area contributed by atoms with Crippen LogP contribution < -0.4 is 15.2 Å². The lowest BCUT2D eigenvalue weighted by molar-refractivity contribution is -0.118. The minimum absolute atomic E-state index is 0.212. The molecule has 0 saturated carbocycles. The highest BCUT2D eigenvalue weighted by molar-refractivity contribution is 5.95. The molecule has 1 heterocycles. The van der Waals surface area contributed by atoms with Crippen LogP contribution in [0.15, 0.2) is 78.9 Å². The minimum Gasteiger partial charge on any atom is -0.493 e. The third-order valence-electron chi connectivity index (χ3n) is 5.85. The summed E-state index contributed by atoms with van der Waals surface area (Å²) in [6.45, 7) is 0.000641. The number of hydrogen-bond donors (Lipinski definition) is 1. The van der Waals surface area contributed by atoms with Crippen LogP contribution in [0, 0.1) is 0 Å². The summed E-state index contributed by atoms with van der Waals surface area (Å²) in [5.74, 6) is 0.188. The van der Waals surface area contributed by atoms with Crippen LogP contribution in [-0.4, -0.2) is 47.3 Å². The molecule has 0 unspecified atom stereocenters. The van der Waals surface area contributed by atoms with E-state index in [2.05, 4.69) is 5.10 Å². The molecule has 0 aliphatic carbocycles. The molecule has 36 heavy (non-hydrogen) atoms. The molecule has 2 amide bonds. The second-order valence-electron chi connectivity index (χ2n) is 8.30. The molecule has 0 radical (unpaired) electrons. The zero-order valence-electron chi connectivity index (χ0n) is 20.5. The maximum atomic E-state index is 13.4. The van der Waals surface area contributed by atoms with E-state index in [0.29, 0.717) is 17.2 Å². The Labute approximate surface area is 209 Å². The first-order valence-electron chi connectivity index (χ1n) is 11.4. The molecule has 8 heteroatoms. The van der Waals surface area contributed by atoms with Crippen molar-refractivity contribution in [3.8, 4) is 33.9 Å². The Morgan fingerprint density at radius 1 is 0.861 bits per heavy atom. The summed E-state index contributed by atoms with van der Waals surface area (Å²) >= 11 is 0. The number of nitrogens with zero attached hydrogens (tertiary/aromatic N) is 3. The molecule has 0 aliphatic rings. The lowest BCUT2D eigenvalue weighted by Crippen LogP contribution is -2.38. The lowest BCUT2D eigenvalue weighted by atomic mass is 10.0. The van der Waals surface area contributed by atoms with Gasteiger partial charge in [0.2, 0.25) is 5.91 Å². The van der Waals surface area contributed by atoms with E-state index in [-0.39, 0.29) is 24.7 Å². The molecule has 2 N–H and O–H groups in total. The van der Waals surface area contributed by atoms with E-state index in [4.69, 9.17) is 15.2 Å². The third kappa shape index (κ3) is 5.38. The SMILES string of the molecule is COc1ccc(-c2cc(C(=O)N(CC(N)=O)Cc3ccc(-c4ccccc4)cc3)nn2C)cc1OC. The molecule has 184 valence electrons. The first-order valence-corrected chi connectivity index (χ1v) is 11.4. The molecular formula is C28H28N4O4. The number of aromatic nitrogens is 2. The molecule has 0 saturated heterocycles. The van der Waals surface area contributed by atoms with Crippen molar-refractivity contribution in [2.24, 2.45) is 12.8 Å². The molecular weight excluding hydrogens is 456 g/mol. The molecule has 4 rings (SSSR count). The Hall–Kier alpha value is -4.59. The zero-order valence-corrected chi connectivity index (χ0v) is 20.5. The van der Waals surface area contributed by atoms with E-state index in [1.807, 2.05) is 66.7 Å². The smallest absolute Gasteiger partial charge is 0.275 e. The molecule has 1 aromatic heterocycles. The molecule has 0 aliphatic heterocycles. The predicted molar refractivity (Wildman–Crippen MR) is 138 cm³/mol. The summed E-state index contributed by atoms with van der Waals surface area (Å²) in [6, 6.07) is 25.1. The standard InChI is InChI=1S/C28H28N4O4/c1-31-24(22-13-14-25(35-2)26(15-22)36-3)16-23(30-31)28(34)32(18-27(29)33)17-19-9-11-21(12-10-19)20-7-5-4-6-8-20/h4-16H,17-18H2,1-3H3,(H2,29,33). The summed E-state index contributed by atoms with van der Waals surface area (Å²) in [7, 11) is 4.89. The van der Waals surface area contributed by atoms with Crippen LogP contribution in [0.1, 0.15) is 16.1 Å². The summed E-state index contributed by atoms with van der Waals surface area (Å²) in [5.41, 5.74) is 10.2. The van der Waals surface area contributed by atoms with E-state index in [1.54, 1.807) is 38.1 Å². The van der Waals surface area contributed by atoms with E-state index in [0.717, 1.165) is 22.3 Å². The topological polar surface area (TPSA) is 99.7 Å². The second kappa shape index (κ2) is 10.8. The summed E-state index contributed by atoms with van der Waals surface area (Å²) in [6.07, 6.45) is 0. The highest BCUT2D eigenvalue weighted by Gasteiger charge is 2.22. The van der Waals surface area contributed by atoms with Crippen molar-refractivity contribution in [2.45, 2.75) is 6.54 Å². The molecule has 0 atom stereocenters. The zero-order chi connectivity index (χ0) is 25.7. The van der Waals surface area contributed by atoms with Gasteiger partial charge in [0.05, 0.1) is 19.9 Å². The van der Waals surface area contributed by atoms with E-state index < -0.39 is 5.91 Å². The van der Waals surface area contributed by atoms with Crippen LogP contribution >= 0.6 is 0 Å². The number of benzene rings is 3. The number of rotatable bonds is 9. The molecule has 0 fully saturated rings. The Balaban J connectivity index is 1.58. The van der Waals surface area contributed by atoms with Crippen LogP contribution in [-0.2, 0) is 18.4 Å². The summed E-state index contributed by atoms with van der Waals surface area (Å²) < 4.78 is 12.3. The predicted octanol–water partition coefficient (Wildman–Crippen LogP) is 3.90. The number of primary amides is 1. The minimum atomic E-state index is -0.597. The summed E-state index contributed by atoms with van der Waals surface area (Å²) in [5, 5.41) is 4.41. The van der Waals surface area contributed by atoms with Gasteiger partial charge in [-0.1, -0.05) is 54.6 Å². The normalized spacial score (nSPS) is 10.6. The average molecular weight is 485 g/mol. The van der Waals surface area contributed by atoms with Crippen molar-refractivity contribution in [3.63, 3.8) is 0 Å². The van der Waals surface area contributed by atoms with Gasteiger partial charge in [0.25, 0.3) is 5.91 Å². The second-order valence-corrected chi connectivity index (χ2v) is 8.30. The molecule has 8 nitrogen and oxygen atoms in total. The first-order chi connectivity index (χ1) is 17.4. The van der Waals surface area contributed by atoms with E-state index in [1.165, 1.54) is 4.90 Å². The molecule has 0 spiro atoms. The van der Waals surface area contributed by atoms with Crippen molar-refractivity contribution < 1.29 is 19.1 Å². The number of ether oxygens (including phenoxy) is 2. The first kappa shape index (κ1) is 24.5. The highest BCUT2D eigenvalue weighted by Crippen LogP contribution is 2.32. The van der Waals surface area contributed by atoms with Gasteiger partial charge in [-0.05, 0) is 41.0 Å².